The average Bonchev–Trinajstić information content (AvgIpc) is 2.79. The predicted molar refractivity (Wildman–Crippen MR) is 121 cm³/mol. The zero-order valence-electron chi connectivity index (χ0n) is 17.5. The summed E-state index contributed by atoms with van der Waals surface area (Å²) in [5, 5.41) is 3.43. The van der Waals surface area contributed by atoms with Gasteiger partial charge in [0.15, 0.2) is 5.82 Å². The fourth-order valence-electron chi connectivity index (χ4n) is 2.80. The van der Waals surface area contributed by atoms with Crippen LogP contribution in [0.1, 0.15) is 38.3 Å². The molecule has 0 saturated carbocycles. The Labute approximate surface area is 177 Å². The average molecular weight is 403 g/mol. The van der Waals surface area contributed by atoms with Crippen LogP contribution in [0.2, 0.25) is 0 Å². The van der Waals surface area contributed by atoms with Gasteiger partial charge in [-0.3, -0.25) is 4.98 Å². The van der Waals surface area contributed by atoms with Gasteiger partial charge in [-0.15, -0.1) is 0 Å². The van der Waals surface area contributed by atoms with Gasteiger partial charge in [0, 0.05) is 25.2 Å². The molecule has 30 heavy (non-hydrogen) atoms. The fourth-order valence-corrected chi connectivity index (χ4v) is 2.80. The molecule has 0 spiro atoms. The molecule has 0 aliphatic heterocycles. The van der Waals surface area contributed by atoms with Crippen molar-refractivity contribution >= 4 is 23.4 Å². The van der Waals surface area contributed by atoms with Crippen molar-refractivity contribution in [3.8, 4) is 11.6 Å². The lowest BCUT2D eigenvalue weighted by molar-refractivity contribution is 0.460. The number of nitrogens with one attached hydrogen (secondary N) is 1. The van der Waals surface area contributed by atoms with Crippen LogP contribution in [0.5, 0.6) is 11.6 Å². The van der Waals surface area contributed by atoms with Crippen molar-refractivity contribution in [1.82, 2.24) is 19.9 Å². The van der Waals surface area contributed by atoms with Crippen molar-refractivity contribution in [2.45, 2.75) is 33.6 Å². The summed E-state index contributed by atoms with van der Waals surface area (Å²) in [6, 6.07) is 7.95. The third-order valence-electron chi connectivity index (χ3n) is 4.44. The quantitative estimate of drug-likeness (QED) is 0.492. The molecule has 0 atom stereocenters. The Kier molecular flexibility index (Phi) is 7.60. The van der Waals surface area contributed by atoms with Gasteiger partial charge in [0.2, 0.25) is 5.88 Å². The van der Waals surface area contributed by atoms with E-state index in [1.54, 1.807) is 24.9 Å². The van der Waals surface area contributed by atoms with E-state index in [1.165, 1.54) is 5.56 Å². The van der Waals surface area contributed by atoms with Crippen molar-refractivity contribution in [3.05, 3.63) is 66.4 Å². The van der Waals surface area contributed by atoms with E-state index in [-0.39, 0.29) is 0 Å². The van der Waals surface area contributed by atoms with Crippen molar-refractivity contribution < 1.29 is 4.74 Å². The van der Waals surface area contributed by atoms with Crippen LogP contribution < -0.4 is 10.1 Å². The van der Waals surface area contributed by atoms with Gasteiger partial charge in [0.1, 0.15) is 17.9 Å². The molecule has 7 heteroatoms. The number of rotatable bonds is 9. The van der Waals surface area contributed by atoms with Crippen molar-refractivity contribution in [2.24, 2.45) is 4.99 Å². The van der Waals surface area contributed by atoms with E-state index in [9.17, 15) is 0 Å². The zero-order valence-corrected chi connectivity index (χ0v) is 17.5. The highest BCUT2D eigenvalue weighted by molar-refractivity contribution is 5.81. The molecule has 0 saturated heterocycles. The van der Waals surface area contributed by atoms with Crippen LogP contribution in [0.25, 0.3) is 5.57 Å². The minimum Gasteiger partial charge on any atom is -0.438 e. The molecule has 1 N–H and O–H groups in total. The molecular formula is C23H26N6O. The molecule has 2 heterocycles. The van der Waals surface area contributed by atoms with Gasteiger partial charge in [-0.1, -0.05) is 25.1 Å². The first-order valence-electron chi connectivity index (χ1n) is 9.98. The number of allylic oxidation sites excluding steroid dienone is 2. The third-order valence-corrected chi connectivity index (χ3v) is 4.44. The second-order valence-corrected chi connectivity index (χ2v) is 6.58. The predicted octanol–water partition coefficient (Wildman–Crippen LogP) is 5.25. The minimum absolute atomic E-state index is 0.476. The van der Waals surface area contributed by atoms with Gasteiger partial charge in [-0.25, -0.2) is 19.9 Å². The molecule has 0 unspecified atom stereocenters. The van der Waals surface area contributed by atoms with E-state index in [4.69, 9.17) is 4.74 Å². The van der Waals surface area contributed by atoms with Crippen LogP contribution in [-0.4, -0.2) is 32.7 Å². The molecule has 154 valence electrons. The van der Waals surface area contributed by atoms with Gasteiger partial charge in [0.25, 0.3) is 0 Å². The van der Waals surface area contributed by atoms with Crippen LogP contribution >= 0.6 is 0 Å². The molecule has 0 aliphatic rings. The fraction of sp³-hybridized carbons (Fsp3) is 0.261. The number of aromatic nitrogens is 4. The summed E-state index contributed by atoms with van der Waals surface area (Å²) in [6.07, 6.45) is 12.0. The lowest BCUT2D eigenvalue weighted by Crippen LogP contribution is -2.09. The molecule has 7 nitrogen and oxygen atoms in total. The molecule has 1 aromatic carbocycles. The summed E-state index contributed by atoms with van der Waals surface area (Å²) in [6.45, 7) is 6.84. The summed E-state index contributed by atoms with van der Waals surface area (Å²) in [5.41, 5.74) is 3.22. The van der Waals surface area contributed by atoms with Crippen LogP contribution in [0.15, 0.2) is 60.3 Å². The number of hydrogen-bond donors (Lipinski definition) is 1. The number of nitrogens with zero attached hydrogens (tertiary/aromatic N) is 5. The number of hydrogen-bond acceptors (Lipinski definition) is 7. The molecule has 0 bridgehead atoms. The molecular weight excluding hydrogens is 376 g/mol. The molecule has 0 fully saturated rings. The lowest BCUT2D eigenvalue weighted by Gasteiger charge is -2.13. The van der Waals surface area contributed by atoms with E-state index in [1.807, 2.05) is 50.4 Å². The Morgan fingerprint density at radius 3 is 2.67 bits per heavy atom. The van der Waals surface area contributed by atoms with Crippen LogP contribution in [0.4, 0.5) is 11.6 Å². The summed E-state index contributed by atoms with van der Waals surface area (Å²) in [7, 11) is 0. The van der Waals surface area contributed by atoms with Crippen molar-refractivity contribution in [3.63, 3.8) is 0 Å². The number of anilines is 1. The molecule has 3 rings (SSSR count). The Balaban J connectivity index is 1.64. The van der Waals surface area contributed by atoms with Gasteiger partial charge >= 0.3 is 0 Å². The first-order valence-corrected chi connectivity index (χ1v) is 9.98. The lowest BCUT2D eigenvalue weighted by atomic mass is 10.1. The highest BCUT2D eigenvalue weighted by Gasteiger charge is 2.12. The highest BCUT2D eigenvalue weighted by atomic mass is 16.5. The summed E-state index contributed by atoms with van der Waals surface area (Å²) >= 11 is 0. The van der Waals surface area contributed by atoms with Crippen molar-refractivity contribution in [2.75, 3.05) is 11.9 Å². The second-order valence-electron chi connectivity index (χ2n) is 6.58. The first kappa shape index (κ1) is 21.1. The Morgan fingerprint density at radius 2 is 1.97 bits per heavy atom. The maximum Gasteiger partial charge on any atom is 0.237 e. The number of aliphatic imine (C=N–C) groups is 1. The Hall–Kier alpha value is -3.61. The Morgan fingerprint density at radius 1 is 1.13 bits per heavy atom. The standard InChI is InChI=1S/C23H26N6O/c1-4-11-26-22-21(17(3)5-2)23(29-16-28-22)27-12-10-18-6-8-19(9-7-18)30-20-15-24-13-14-25-20/h5-9,11,13-16H,4,10,12H2,1-3H3,(H,27,28,29). The SMILES string of the molecule is CC=C(C)c1c(N=CCC)ncnc1NCCc1ccc(Oc2cnccn2)cc1. The van der Waals surface area contributed by atoms with Gasteiger partial charge in [0.05, 0.1) is 11.8 Å². The van der Waals surface area contributed by atoms with E-state index < -0.39 is 0 Å². The van der Waals surface area contributed by atoms with E-state index in [0.717, 1.165) is 42.1 Å². The maximum absolute atomic E-state index is 5.68. The largest absolute Gasteiger partial charge is 0.438 e. The van der Waals surface area contributed by atoms with E-state index in [0.29, 0.717) is 11.7 Å². The van der Waals surface area contributed by atoms with Crippen LogP contribution in [0, 0.1) is 0 Å². The Bertz CT molecular complexity index is 1000. The van der Waals surface area contributed by atoms with Gasteiger partial charge in [-0.05, 0) is 50.0 Å². The van der Waals surface area contributed by atoms with Gasteiger partial charge < -0.3 is 10.1 Å². The van der Waals surface area contributed by atoms with Gasteiger partial charge in [-0.2, -0.15) is 0 Å². The highest BCUT2D eigenvalue weighted by Crippen LogP contribution is 2.29. The minimum atomic E-state index is 0.476. The van der Waals surface area contributed by atoms with Crippen molar-refractivity contribution in [1.29, 1.82) is 0 Å². The molecule has 2 aromatic heterocycles. The number of ether oxygens (including phenoxy) is 1. The summed E-state index contributed by atoms with van der Waals surface area (Å²) < 4.78 is 5.68. The molecule has 0 amide bonds. The van der Waals surface area contributed by atoms with E-state index in [2.05, 4.69) is 37.2 Å². The third kappa shape index (κ3) is 5.70. The molecule has 0 radical (unpaired) electrons. The normalized spacial score (nSPS) is 11.6. The maximum atomic E-state index is 5.68. The first-order chi connectivity index (χ1) is 14.7. The van der Waals surface area contributed by atoms with E-state index >= 15 is 0 Å². The topological polar surface area (TPSA) is 85.2 Å². The zero-order chi connectivity index (χ0) is 21.2. The van der Waals surface area contributed by atoms with Crippen LogP contribution in [-0.2, 0) is 6.42 Å². The summed E-state index contributed by atoms with van der Waals surface area (Å²) in [5.74, 6) is 2.69. The molecule has 0 aliphatic carbocycles. The molecule has 3 aromatic rings. The van der Waals surface area contributed by atoms with Crippen LogP contribution in [0.3, 0.4) is 0 Å². The number of benzene rings is 1. The monoisotopic (exact) mass is 402 g/mol. The smallest absolute Gasteiger partial charge is 0.237 e. The second kappa shape index (κ2) is 10.8. The summed E-state index contributed by atoms with van der Waals surface area (Å²) in [4.78, 5) is 21.4.